The number of carbonyl (C=O) groups is 1. The molecule has 0 atom stereocenters. The van der Waals surface area contributed by atoms with Gasteiger partial charge in [-0.3, -0.25) is 4.79 Å². The van der Waals surface area contributed by atoms with E-state index in [-0.39, 0.29) is 5.78 Å². The normalized spacial score (nSPS) is 13.8. The number of rotatable bonds is 3. The van der Waals surface area contributed by atoms with Crippen LogP contribution in [0.5, 0.6) is 0 Å². The van der Waals surface area contributed by atoms with Crippen LogP contribution >= 0.6 is 23.2 Å². The van der Waals surface area contributed by atoms with Gasteiger partial charge in [-0.1, -0.05) is 53.5 Å². The highest BCUT2D eigenvalue weighted by Gasteiger charge is 2.22. The Morgan fingerprint density at radius 2 is 1.62 bits per heavy atom. The van der Waals surface area contributed by atoms with Crippen molar-refractivity contribution in [2.24, 2.45) is 0 Å². The van der Waals surface area contributed by atoms with Crippen LogP contribution < -0.4 is 5.73 Å². The van der Waals surface area contributed by atoms with Crippen molar-refractivity contribution in [3.05, 3.63) is 98.5 Å². The molecule has 0 spiro atoms. The Bertz CT molecular complexity index is 1130. The summed E-state index contributed by atoms with van der Waals surface area (Å²) in [6.45, 7) is 1.61. The maximum atomic E-state index is 11.9. The molecule has 1 aliphatic carbocycles. The molecule has 0 aliphatic heterocycles. The molecule has 4 heteroatoms. The number of ketones is 1. The number of hydrogen-bond donors (Lipinski definition) is 1. The van der Waals surface area contributed by atoms with Gasteiger partial charge in [-0.05, 0) is 89.9 Å². The second-order valence-corrected chi connectivity index (χ2v) is 8.23. The number of Topliss-reactive ketones (excluding diaryl/α,β-unsaturated/α-hetero) is 1. The third-order valence-corrected chi connectivity index (χ3v) is 5.96. The highest BCUT2D eigenvalue weighted by molar-refractivity contribution is 6.36. The highest BCUT2D eigenvalue weighted by Crippen LogP contribution is 2.42. The lowest BCUT2D eigenvalue weighted by atomic mass is 9.87. The summed E-state index contributed by atoms with van der Waals surface area (Å²) < 4.78 is 0. The molecule has 2 N–H and O–H groups in total. The number of benzene rings is 3. The third kappa shape index (κ3) is 3.96. The van der Waals surface area contributed by atoms with Crippen LogP contribution in [0.2, 0.25) is 10.0 Å². The van der Waals surface area contributed by atoms with E-state index in [0.717, 1.165) is 52.8 Å². The zero-order chi connectivity index (χ0) is 20.5. The van der Waals surface area contributed by atoms with Gasteiger partial charge < -0.3 is 5.73 Å². The molecule has 29 heavy (non-hydrogen) atoms. The Labute approximate surface area is 181 Å². The van der Waals surface area contributed by atoms with Gasteiger partial charge in [0.1, 0.15) is 0 Å². The van der Waals surface area contributed by atoms with Crippen LogP contribution in [-0.4, -0.2) is 5.78 Å². The van der Waals surface area contributed by atoms with E-state index in [2.05, 4.69) is 6.07 Å². The Morgan fingerprint density at radius 3 is 2.31 bits per heavy atom. The molecule has 0 fully saturated rings. The molecular formula is C25H21Cl2NO. The standard InChI is InChI=1S/C25H21Cl2NO/c1-15(29)17-7-11-21-18(13-17)3-2-4-23(22-12-8-19(26)14-24(22)27)25(21)16-5-9-20(28)10-6-16/h5-14H,2-4,28H2,1H3. The number of anilines is 1. The molecular weight excluding hydrogens is 401 g/mol. The molecule has 0 saturated heterocycles. The van der Waals surface area contributed by atoms with E-state index >= 15 is 0 Å². The number of halogens is 2. The summed E-state index contributed by atoms with van der Waals surface area (Å²) in [6, 6.07) is 19.6. The van der Waals surface area contributed by atoms with Crippen molar-refractivity contribution in [2.45, 2.75) is 26.2 Å². The average molecular weight is 422 g/mol. The van der Waals surface area contributed by atoms with Crippen molar-refractivity contribution >= 4 is 45.8 Å². The molecule has 0 saturated carbocycles. The molecule has 3 aromatic rings. The monoisotopic (exact) mass is 421 g/mol. The molecule has 0 unspecified atom stereocenters. The van der Waals surface area contributed by atoms with Gasteiger partial charge in [0.2, 0.25) is 0 Å². The minimum absolute atomic E-state index is 0.0797. The fourth-order valence-electron chi connectivity index (χ4n) is 3.99. The van der Waals surface area contributed by atoms with Crippen LogP contribution in [0.15, 0.2) is 60.7 Å². The molecule has 4 rings (SSSR count). The molecule has 3 aromatic carbocycles. The first-order chi connectivity index (χ1) is 13.9. The lowest BCUT2D eigenvalue weighted by molar-refractivity contribution is 0.101. The van der Waals surface area contributed by atoms with Gasteiger partial charge in [0.25, 0.3) is 0 Å². The Hall–Kier alpha value is -2.55. The van der Waals surface area contributed by atoms with Crippen molar-refractivity contribution in [2.75, 3.05) is 5.73 Å². The van der Waals surface area contributed by atoms with Crippen molar-refractivity contribution in [1.82, 2.24) is 0 Å². The summed E-state index contributed by atoms with van der Waals surface area (Å²) in [5.74, 6) is 0.0797. The molecule has 146 valence electrons. The summed E-state index contributed by atoms with van der Waals surface area (Å²) in [7, 11) is 0. The van der Waals surface area contributed by atoms with E-state index in [1.807, 2.05) is 48.5 Å². The number of fused-ring (bicyclic) bond motifs is 1. The Morgan fingerprint density at radius 1 is 0.897 bits per heavy atom. The molecule has 0 heterocycles. The molecule has 0 amide bonds. The SMILES string of the molecule is CC(=O)c1ccc2c(c1)CCCC(c1ccc(Cl)cc1Cl)=C2c1ccc(N)cc1. The molecule has 2 nitrogen and oxygen atoms in total. The first-order valence-corrected chi connectivity index (χ1v) is 10.4. The van der Waals surface area contributed by atoms with Crippen LogP contribution in [0.3, 0.4) is 0 Å². The van der Waals surface area contributed by atoms with Crippen LogP contribution in [0.1, 0.15) is 52.4 Å². The number of nitrogens with two attached hydrogens (primary N) is 1. The number of nitrogen functional groups attached to an aromatic ring is 1. The predicted octanol–water partition coefficient (Wildman–Crippen LogP) is 7.07. The van der Waals surface area contributed by atoms with Crippen LogP contribution in [-0.2, 0) is 6.42 Å². The fourth-order valence-corrected chi connectivity index (χ4v) is 4.51. The first kappa shape index (κ1) is 19.8. The van der Waals surface area contributed by atoms with Crippen molar-refractivity contribution < 1.29 is 4.79 Å². The number of carbonyl (C=O) groups excluding carboxylic acids is 1. The minimum Gasteiger partial charge on any atom is -0.399 e. The number of allylic oxidation sites excluding steroid dienone is 1. The predicted molar refractivity (Wildman–Crippen MR) is 123 cm³/mol. The molecule has 0 bridgehead atoms. The average Bonchev–Trinajstić information content (AvgIpc) is 2.87. The highest BCUT2D eigenvalue weighted by atomic mass is 35.5. The Balaban J connectivity index is 2.02. The topological polar surface area (TPSA) is 43.1 Å². The molecule has 0 aromatic heterocycles. The van der Waals surface area contributed by atoms with Gasteiger partial charge in [-0.2, -0.15) is 0 Å². The van der Waals surface area contributed by atoms with Crippen LogP contribution in [0.4, 0.5) is 5.69 Å². The number of hydrogen-bond acceptors (Lipinski definition) is 2. The molecule has 0 radical (unpaired) electrons. The lowest BCUT2D eigenvalue weighted by Crippen LogP contribution is -2.00. The van der Waals surface area contributed by atoms with Gasteiger partial charge in [0.15, 0.2) is 5.78 Å². The van der Waals surface area contributed by atoms with Crippen LogP contribution in [0.25, 0.3) is 11.1 Å². The van der Waals surface area contributed by atoms with E-state index in [1.165, 1.54) is 11.1 Å². The van der Waals surface area contributed by atoms with Gasteiger partial charge in [-0.15, -0.1) is 0 Å². The minimum atomic E-state index is 0.0797. The number of aryl methyl sites for hydroxylation is 1. The summed E-state index contributed by atoms with van der Waals surface area (Å²) >= 11 is 12.7. The van der Waals surface area contributed by atoms with E-state index in [4.69, 9.17) is 28.9 Å². The second-order valence-electron chi connectivity index (χ2n) is 7.38. The fraction of sp³-hybridized carbons (Fsp3) is 0.160. The van der Waals surface area contributed by atoms with Crippen molar-refractivity contribution in [1.29, 1.82) is 0 Å². The van der Waals surface area contributed by atoms with E-state index in [9.17, 15) is 4.79 Å². The van der Waals surface area contributed by atoms with Crippen molar-refractivity contribution in [3.8, 4) is 0 Å². The maximum absolute atomic E-state index is 11.9. The van der Waals surface area contributed by atoms with Gasteiger partial charge in [0, 0.05) is 21.3 Å². The van der Waals surface area contributed by atoms with E-state index < -0.39 is 0 Å². The van der Waals surface area contributed by atoms with Crippen LogP contribution in [0, 0.1) is 0 Å². The molecule has 1 aliphatic rings. The zero-order valence-corrected chi connectivity index (χ0v) is 17.6. The largest absolute Gasteiger partial charge is 0.399 e. The van der Waals surface area contributed by atoms with E-state index in [1.54, 1.807) is 13.0 Å². The smallest absolute Gasteiger partial charge is 0.159 e. The second kappa shape index (κ2) is 8.06. The quantitative estimate of drug-likeness (QED) is 0.362. The third-order valence-electron chi connectivity index (χ3n) is 5.41. The summed E-state index contributed by atoms with van der Waals surface area (Å²) in [5, 5.41) is 1.26. The summed E-state index contributed by atoms with van der Waals surface area (Å²) in [4.78, 5) is 11.9. The first-order valence-electron chi connectivity index (χ1n) is 9.63. The van der Waals surface area contributed by atoms with E-state index in [0.29, 0.717) is 10.0 Å². The van der Waals surface area contributed by atoms with Gasteiger partial charge >= 0.3 is 0 Å². The van der Waals surface area contributed by atoms with Crippen molar-refractivity contribution in [3.63, 3.8) is 0 Å². The van der Waals surface area contributed by atoms with Gasteiger partial charge in [-0.25, -0.2) is 0 Å². The maximum Gasteiger partial charge on any atom is 0.159 e. The lowest BCUT2D eigenvalue weighted by Gasteiger charge is -2.18. The summed E-state index contributed by atoms with van der Waals surface area (Å²) in [5.41, 5.74) is 14.1. The Kier molecular flexibility index (Phi) is 5.49. The zero-order valence-electron chi connectivity index (χ0n) is 16.1. The summed E-state index contributed by atoms with van der Waals surface area (Å²) in [6.07, 6.45) is 2.76. The van der Waals surface area contributed by atoms with Gasteiger partial charge in [0.05, 0.1) is 0 Å².